The van der Waals surface area contributed by atoms with Crippen LogP contribution in [0.1, 0.15) is 16.7 Å². The fraction of sp³-hybridized carbons (Fsp3) is 0.200. The van der Waals surface area contributed by atoms with Gasteiger partial charge >= 0.3 is 0 Å². The molecule has 3 nitrogen and oxygen atoms in total. The van der Waals surface area contributed by atoms with Gasteiger partial charge in [-0.2, -0.15) is 0 Å². The first-order chi connectivity index (χ1) is 9.29. The molecule has 5 heteroatoms. The number of aryl methyl sites for hydroxylation is 2. The highest BCUT2D eigenvalue weighted by atomic mass is 32.2. The average molecular weight is 293 g/mol. The normalized spacial score (nSPS) is 11.6. The Morgan fingerprint density at radius 3 is 2.40 bits per heavy atom. The van der Waals surface area contributed by atoms with Gasteiger partial charge in [-0.15, -0.1) is 0 Å². The van der Waals surface area contributed by atoms with Gasteiger partial charge in [0.15, 0.2) is 9.84 Å². The molecule has 106 valence electrons. The van der Waals surface area contributed by atoms with Gasteiger partial charge < -0.3 is 5.73 Å². The second kappa shape index (κ2) is 5.25. The molecule has 2 aromatic carbocycles. The van der Waals surface area contributed by atoms with Crippen LogP contribution in [0.5, 0.6) is 0 Å². The fourth-order valence-corrected chi connectivity index (χ4v) is 3.35. The summed E-state index contributed by atoms with van der Waals surface area (Å²) in [5.41, 5.74) is 8.18. The van der Waals surface area contributed by atoms with E-state index < -0.39 is 15.7 Å². The fourth-order valence-electron chi connectivity index (χ4n) is 1.89. The molecule has 0 heterocycles. The predicted octanol–water partition coefficient (Wildman–Crippen LogP) is 3.00. The smallest absolute Gasteiger partial charge is 0.182 e. The summed E-state index contributed by atoms with van der Waals surface area (Å²) >= 11 is 0. The third kappa shape index (κ3) is 2.99. The van der Waals surface area contributed by atoms with Crippen LogP contribution in [0.2, 0.25) is 0 Å². The molecule has 0 aromatic heterocycles. The first kappa shape index (κ1) is 14.5. The van der Waals surface area contributed by atoms with E-state index in [1.54, 1.807) is 18.2 Å². The van der Waals surface area contributed by atoms with Crippen molar-refractivity contribution in [1.82, 2.24) is 0 Å². The van der Waals surface area contributed by atoms with Crippen molar-refractivity contribution in [1.29, 1.82) is 0 Å². The minimum Gasteiger partial charge on any atom is -0.398 e. The van der Waals surface area contributed by atoms with Crippen LogP contribution in [0.15, 0.2) is 41.3 Å². The Labute approximate surface area is 118 Å². The average Bonchev–Trinajstić information content (AvgIpc) is 2.36. The SMILES string of the molecule is Cc1ccc(S(=O)(=O)Cc2cc(F)ccc2N)cc1C. The molecule has 0 unspecified atom stereocenters. The van der Waals surface area contributed by atoms with Crippen molar-refractivity contribution in [2.75, 3.05) is 5.73 Å². The van der Waals surface area contributed by atoms with Crippen LogP contribution in [-0.4, -0.2) is 8.42 Å². The van der Waals surface area contributed by atoms with E-state index in [2.05, 4.69) is 0 Å². The quantitative estimate of drug-likeness (QED) is 0.885. The molecule has 0 spiro atoms. The molecule has 2 rings (SSSR count). The molecule has 0 aliphatic rings. The van der Waals surface area contributed by atoms with Gasteiger partial charge in [0, 0.05) is 5.69 Å². The first-order valence-electron chi connectivity index (χ1n) is 6.13. The van der Waals surface area contributed by atoms with Crippen molar-refractivity contribution in [2.45, 2.75) is 24.5 Å². The topological polar surface area (TPSA) is 60.2 Å². The van der Waals surface area contributed by atoms with Crippen LogP contribution >= 0.6 is 0 Å². The number of sulfone groups is 1. The zero-order chi connectivity index (χ0) is 14.9. The second-order valence-electron chi connectivity index (χ2n) is 4.85. The molecule has 0 fully saturated rings. The van der Waals surface area contributed by atoms with Gasteiger partial charge in [0.2, 0.25) is 0 Å². The summed E-state index contributed by atoms with van der Waals surface area (Å²) in [6.07, 6.45) is 0. The van der Waals surface area contributed by atoms with E-state index in [9.17, 15) is 12.8 Å². The second-order valence-corrected chi connectivity index (χ2v) is 6.84. The zero-order valence-electron chi connectivity index (χ0n) is 11.4. The number of nitrogens with two attached hydrogens (primary N) is 1. The van der Waals surface area contributed by atoms with E-state index in [-0.39, 0.29) is 21.9 Å². The lowest BCUT2D eigenvalue weighted by atomic mass is 10.1. The summed E-state index contributed by atoms with van der Waals surface area (Å²) in [7, 11) is -3.54. The summed E-state index contributed by atoms with van der Waals surface area (Å²) in [4.78, 5) is 0.226. The highest BCUT2D eigenvalue weighted by Gasteiger charge is 2.17. The molecule has 0 aliphatic heterocycles. The standard InChI is InChI=1S/C15H16FNO2S/c1-10-3-5-14(7-11(10)2)20(18,19)9-12-8-13(16)4-6-15(12)17/h3-8H,9,17H2,1-2H3. The van der Waals surface area contributed by atoms with Crippen LogP contribution in [0, 0.1) is 19.7 Å². The molecular weight excluding hydrogens is 277 g/mol. The number of anilines is 1. The molecule has 0 saturated heterocycles. The van der Waals surface area contributed by atoms with Gasteiger partial charge in [0.25, 0.3) is 0 Å². The minimum absolute atomic E-state index is 0.226. The summed E-state index contributed by atoms with van der Waals surface area (Å²) in [5, 5.41) is 0. The maximum Gasteiger partial charge on any atom is 0.182 e. The van der Waals surface area contributed by atoms with Crippen LogP contribution in [0.4, 0.5) is 10.1 Å². The molecule has 0 aliphatic carbocycles. The molecule has 0 amide bonds. The van der Waals surface area contributed by atoms with Crippen molar-refractivity contribution in [2.24, 2.45) is 0 Å². The van der Waals surface area contributed by atoms with E-state index in [1.165, 1.54) is 12.1 Å². The van der Waals surface area contributed by atoms with Crippen LogP contribution in [-0.2, 0) is 15.6 Å². The van der Waals surface area contributed by atoms with E-state index in [4.69, 9.17) is 5.73 Å². The van der Waals surface area contributed by atoms with Crippen LogP contribution in [0.25, 0.3) is 0 Å². The molecule has 0 saturated carbocycles. The molecule has 0 atom stereocenters. The van der Waals surface area contributed by atoms with Crippen LogP contribution < -0.4 is 5.73 Å². The van der Waals surface area contributed by atoms with Gasteiger partial charge in [0.1, 0.15) is 5.82 Å². The summed E-state index contributed by atoms with van der Waals surface area (Å²) in [5.74, 6) is -0.802. The summed E-state index contributed by atoms with van der Waals surface area (Å²) in [6.45, 7) is 3.77. The molecule has 0 bridgehead atoms. The molecule has 2 N–H and O–H groups in total. The molecular formula is C15H16FNO2S. The maximum absolute atomic E-state index is 13.2. The third-order valence-electron chi connectivity index (χ3n) is 3.29. The van der Waals surface area contributed by atoms with Crippen molar-refractivity contribution < 1.29 is 12.8 Å². The Morgan fingerprint density at radius 1 is 1.05 bits per heavy atom. The van der Waals surface area contributed by atoms with Gasteiger partial charge in [-0.3, -0.25) is 0 Å². The lowest BCUT2D eigenvalue weighted by molar-refractivity contribution is 0.594. The molecule has 0 radical (unpaired) electrons. The van der Waals surface area contributed by atoms with Gasteiger partial charge in [-0.05, 0) is 60.9 Å². The monoisotopic (exact) mass is 293 g/mol. The predicted molar refractivity (Wildman–Crippen MR) is 77.6 cm³/mol. The Morgan fingerprint density at radius 2 is 1.75 bits per heavy atom. The van der Waals surface area contributed by atoms with Gasteiger partial charge in [0.05, 0.1) is 10.6 Å². The van der Waals surface area contributed by atoms with Crippen molar-refractivity contribution in [3.8, 4) is 0 Å². The van der Waals surface area contributed by atoms with E-state index >= 15 is 0 Å². The number of hydrogen-bond donors (Lipinski definition) is 1. The number of rotatable bonds is 3. The molecule has 2 aromatic rings. The minimum atomic E-state index is -3.54. The Hall–Kier alpha value is -1.88. The summed E-state index contributed by atoms with van der Waals surface area (Å²) in [6, 6.07) is 8.69. The van der Waals surface area contributed by atoms with Crippen LogP contribution in [0.3, 0.4) is 0 Å². The first-order valence-corrected chi connectivity index (χ1v) is 7.79. The number of nitrogen functional groups attached to an aromatic ring is 1. The highest BCUT2D eigenvalue weighted by molar-refractivity contribution is 7.90. The number of halogens is 1. The van der Waals surface area contributed by atoms with E-state index in [0.717, 1.165) is 17.2 Å². The van der Waals surface area contributed by atoms with Gasteiger partial charge in [-0.1, -0.05) is 6.07 Å². The maximum atomic E-state index is 13.2. The Bertz CT molecular complexity index is 754. The van der Waals surface area contributed by atoms with Crippen molar-refractivity contribution in [3.63, 3.8) is 0 Å². The van der Waals surface area contributed by atoms with E-state index in [1.807, 2.05) is 13.8 Å². The largest absolute Gasteiger partial charge is 0.398 e. The number of hydrogen-bond acceptors (Lipinski definition) is 3. The highest BCUT2D eigenvalue weighted by Crippen LogP contribution is 2.22. The lowest BCUT2D eigenvalue weighted by Crippen LogP contribution is -2.08. The summed E-state index contributed by atoms with van der Waals surface area (Å²) < 4.78 is 37.9. The number of benzene rings is 2. The third-order valence-corrected chi connectivity index (χ3v) is 4.95. The van der Waals surface area contributed by atoms with Crippen molar-refractivity contribution in [3.05, 3.63) is 58.9 Å². The Kier molecular flexibility index (Phi) is 3.81. The van der Waals surface area contributed by atoms with E-state index in [0.29, 0.717) is 0 Å². The molecule has 20 heavy (non-hydrogen) atoms. The zero-order valence-corrected chi connectivity index (χ0v) is 12.2. The Balaban J connectivity index is 2.40. The lowest BCUT2D eigenvalue weighted by Gasteiger charge is -2.09. The van der Waals surface area contributed by atoms with Gasteiger partial charge in [-0.25, -0.2) is 12.8 Å². The van der Waals surface area contributed by atoms with Crippen molar-refractivity contribution >= 4 is 15.5 Å².